The second kappa shape index (κ2) is 12.7. The summed E-state index contributed by atoms with van der Waals surface area (Å²) in [5, 5.41) is 17.0. The average Bonchev–Trinajstić information content (AvgIpc) is 3.41. The first-order chi connectivity index (χ1) is 17.6. The van der Waals surface area contributed by atoms with E-state index in [1.165, 1.54) is 24.0 Å². The number of aryl methyl sites for hydroxylation is 1. The molecule has 6 nitrogen and oxygen atoms in total. The van der Waals surface area contributed by atoms with E-state index in [2.05, 4.69) is 32.6 Å². The number of aliphatic carboxylic acids is 1. The lowest BCUT2D eigenvalue weighted by Gasteiger charge is -2.10. The van der Waals surface area contributed by atoms with Gasteiger partial charge in [-0.05, 0) is 54.3 Å². The van der Waals surface area contributed by atoms with E-state index >= 15 is 0 Å². The third kappa shape index (κ3) is 8.21. The number of H-pyrrole nitrogens is 1. The molecule has 0 spiro atoms. The molecule has 0 saturated carbocycles. The Morgan fingerprint density at radius 1 is 0.919 bits per heavy atom. The van der Waals surface area contributed by atoms with Gasteiger partial charge in [-0.25, -0.2) is 18.6 Å². The zero-order chi connectivity index (χ0) is 26.8. The molecule has 1 heterocycles. The molecule has 194 valence electrons. The number of benzene rings is 3. The van der Waals surface area contributed by atoms with Crippen molar-refractivity contribution in [3.63, 3.8) is 0 Å². The Labute approximate surface area is 209 Å². The molecular formula is C26H23F5N4O2. The van der Waals surface area contributed by atoms with Gasteiger partial charge in [-0.2, -0.15) is 18.3 Å². The zero-order valence-electron chi connectivity index (χ0n) is 19.4. The number of halogens is 5. The van der Waals surface area contributed by atoms with Crippen molar-refractivity contribution >= 4 is 5.97 Å². The largest absolute Gasteiger partial charge is 0.490 e. The molecule has 3 N–H and O–H groups in total. The molecular weight excluding hydrogens is 495 g/mol. The summed E-state index contributed by atoms with van der Waals surface area (Å²) in [5.41, 5.74) is 3.28. The van der Waals surface area contributed by atoms with Gasteiger partial charge in [-0.3, -0.25) is 5.10 Å². The number of hydrogen-bond donors (Lipinski definition) is 3. The molecule has 0 saturated heterocycles. The van der Waals surface area contributed by atoms with E-state index < -0.39 is 23.8 Å². The van der Waals surface area contributed by atoms with E-state index in [9.17, 15) is 22.0 Å². The first kappa shape index (κ1) is 27.5. The fourth-order valence-corrected chi connectivity index (χ4v) is 3.40. The zero-order valence-corrected chi connectivity index (χ0v) is 19.4. The van der Waals surface area contributed by atoms with E-state index in [0.717, 1.165) is 18.4 Å². The SMILES string of the molecule is Fc1cc(-c2cccc(-c3nc[nH]n3)c2)cc(F)c1CNCCCc1ccccc1.O=C(O)C(F)(F)F. The number of hydrogen-bond acceptors (Lipinski definition) is 4. The van der Waals surface area contributed by atoms with Crippen LogP contribution in [0.5, 0.6) is 0 Å². The van der Waals surface area contributed by atoms with Gasteiger partial charge in [0, 0.05) is 17.7 Å². The van der Waals surface area contributed by atoms with Crippen LogP contribution >= 0.6 is 0 Å². The second-order valence-electron chi connectivity index (χ2n) is 7.89. The van der Waals surface area contributed by atoms with Gasteiger partial charge in [0.15, 0.2) is 5.82 Å². The number of rotatable bonds is 8. The predicted octanol–water partition coefficient (Wildman–Crippen LogP) is 5.77. The van der Waals surface area contributed by atoms with Crippen molar-refractivity contribution in [1.82, 2.24) is 20.5 Å². The van der Waals surface area contributed by atoms with Gasteiger partial charge < -0.3 is 10.4 Å². The number of aromatic nitrogens is 3. The first-order valence-electron chi connectivity index (χ1n) is 11.1. The van der Waals surface area contributed by atoms with E-state index in [4.69, 9.17) is 9.90 Å². The number of alkyl halides is 3. The highest BCUT2D eigenvalue weighted by molar-refractivity contribution is 5.73. The Balaban J connectivity index is 0.000000479. The molecule has 0 amide bonds. The smallest absolute Gasteiger partial charge is 0.475 e. The average molecular weight is 518 g/mol. The molecule has 4 rings (SSSR count). The minimum atomic E-state index is -5.08. The van der Waals surface area contributed by atoms with Gasteiger partial charge in [0.2, 0.25) is 0 Å². The fraction of sp³-hybridized carbons (Fsp3) is 0.192. The molecule has 0 bridgehead atoms. The summed E-state index contributed by atoms with van der Waals surface area (Å²) in [4.78, 5) is 13.0. The highest BCUT2D eigenvalue weighted by Crippen LogP contribution is 2.27. The van der Waals surface area contributed by atoms with Crippen LogP contribution in [0.1, 0.15) is 17.5 Å². The van der Waals surface area contributed by atoms with Crippen molar-refractivity contribution in [3.8, 4) is 22.5 Å². The van der Waals surface area contributed by atoms with E-state index in [-0.39, 0.29) is 12.1 Å². The molecule has 37 heavy (non-hydrogen) atoms. The van der Waals surface area contributed by atoms with Crippen LogP contribution in [-0.4, -0.2) is 39.0 Å². The van der Waals surface area contributed by atoms with Crippen molar-refractivity contribution in [1.29, 1.82) is 0 Å². The first-order valence-corrected chi connectivity index (χ1v) is 11.1. The highest BCUT2D eigenvalue weighted by Gasteiger charge is 2.38. The summed E-state index contributed by atoms with van der Waals surface area (Å²) < 4.78 is 61.0. The number of nitrogens with zero attached hydrogens (tertiary/aromatic N) is 2. The van der Waals surface area contributed by atoms with Gasteiger partial charge in [0.1, 0.15) is 18.0 Å². The Bertz CT molecular complexity index is 1270. The standard InChI is InChI=1S/C24H22F2N4.C2HF3O2/c25-22-13-20(18-9-4-10-19(12-18)24-28-16-29-30-24)14-23(26)21(22)15-27-11-5-8-17-6-2-1-3-7-17;3-2(4,5)1(6)7/h1-4,6-7,9-10,12-14,16,27H,5,8,11,15H2,(H,28,29,30);(H,6,7). The normalized spacial score (nSPS) is 11.1. The molecule has 0 atom stereocenters. The van der Waals surface area contributed by atoms with Crippen LogP contribution in [0.4, 0.5) is 22.0 Å². The van der Waals surface area contributed by atoms with Crippen molar-refractivity contribution in [2.24, 2.45) is 0 Å². The molecule has 0 aliphatic carbocycles. The van der Waals surface area contributed by atoms with Crippen molar-refractivity contribution in [2.45, 2.75) is 25.6 Å². The minimum absolute atomic E-state index is 0.0589. The Morgan fingerprint density at radius 3 is 2.16 bits per heavy atom. The summed E-state index contributed by atoms with van der Waals surface area (Å²) in [6.45, 7) is 0.845. The highest BCUT2D eigenvalue weighted by atomic mass is 19.4. The number of nitrogens with one attached hydrogen (secondary N) is 2. The fourth-order valence-electron chi connectivity index (χ4n) is 3.40. The molecule has 11 heteroatoms. The van der Waals surface area contributed by atoms with Crippen LogP contribution < -0.4 is 5.32 Å². The van der Waals surface area contributed by atoms with Crippen LogP contribution in [0.3, 0.4) is 0 Å². The van der Waals surface area contributed by atoms with Crippen LogP contribution in [-0.2, 0) is 17.8 Å². The molecule has 0 aliphatic heterocycles. The minimum Gasteiger partial charge on any atom is -0.475 e. The maximum atomic E-state index is 14.6. The lowest BCUT2D eigenvalue weighted by molar-refractivity contribution is -0.192. The number of aromatic amines is 1. The lowest BCUT2D eigenvalue weighted by atomic mass is 10.0. The summed E-state index contributed by atoms with van der Waals surface area (Å²) in [5.74, 6) is -3.32. The third-order valence-electron chi connectivity index (χ3n) is 5.22. The van der Waals surface area contributed by atoms with E-state index in [0.29, 0.717) is 23.5 Å². The van der Waals surface area contributed by atoms with Gasteiger partial charge in [0.05, 0.1) is 0 Å². The number of carboxylic acid groups (broad SMARTS) is 1. The van der Waals surface area contributed by atoms with E-state index in [1.807, 2.05) is 42.5 Å². The molecule has 0 fully saturated rings. The second-order valence-corrected chi connectivity index (χ2v) is 7.89. The maximum Gasteiger partial charge on any atom is 0.490 e. The molecule has 0 unspecified atom stereocenters. The Hall–Kier alpha value is -4.12. The van der Waals surface area contributed by atoms with Gasteiger partial charge in [0.25, 0.3) is 0 Å². The number of carboxylic acids is 1. The summed E-state index contributed by atoms with van der Waals surface area (Å²) in [6, 6.07) is 20.2. The predicted molar refractivity (Wildman–Crippen MR) is 127 cm³/mol. The summed E-state index contributed by atoms with van der Waals surface area (Å²) >= 11 is 0. The summed E-state index contributed by atoms with van der Waals surface area (Å²) in [6.07, 6.45) is -1.76. The van der Waals surface area contributed by atoms with Crippen molar-refractivity contribution < 1.29 is 31.9 Å². The van der Waals surface area contributed by atoms with Crippen LogP contribution in [0.15, 0.2) is 73.1 Å². The van der Waals surface area contributed by atoms with Crippen LogP contribution in [0, 0.1) is 11.6 Å². The van der Waals surface area contributed by atoms with Crippen LogP contribution in [0.25, 0.3) is 22.5 Å². The topological polar surface area (TPSA) is 90.9 Å². The molecule has 3 aromatic carbocycles. The van der Waals surface area contributed by atoms with Gasteiger partial charge >= 0.3 is 12.1 Å². The van der Waals surface area contributed by atoms with Gasteiger partial charge in [-0.15, -0.1) is 0 Å². The molecule has 0 aliphatic rings. The quantitative estimate of drug-likeness (QED) is 0.203. The Morgan fingerprint density at radius 2 is 1.57 bits per heavy atom. The number of carbonyl (C=O) groups is 1. The van der Waals surface area contributed by atoms with Crippen molar-refractivity contribution in [2.75, 3.05) is 6.54 Å². The summed E-state index contributed by atoms with van der Waals surface area (Å²) in [7, 11) is 0. The van der Waals surface area contributed by atoms with Crippen LogP contribution in [0.2, 0.25) is 0 Å². The molecule has 0 radical (unpaired) electrons. The van der Waals surface area contributed by atoms with Crippen molar-refractivity contribution in [3.05, 3.63) is 95.8 Å². The monoisotopic (exact) mass is 518 g/mol. The molecule has 4 aromatic rings. The maximum absolute atomic E-state index is 14.6. The molecule has 1 aromatic heterocycles. The third-order valence-corrected chi connectivity index (χ3v) is 5.22. The van der Waals surface area contributed by atoms with E-state index in [1.54, 1.807) is 0 Å². The van der Waals surface area contributed by atoms with Gasteiger partial charge in [-0.1, -0.05) is 48.5 Å². The lowest BCUT2D eigenvalue weighted by Crippen LogP contribution is -2.21. The Kier molecular flexibility index (Phi) is 9.45.